The number of nitrogens with zero attached hydrogens (tertiary/aromatic N) is 3. The van der Waals surface area contributed by atoms with Crippen LogP contribution in [0, 0.1) is 5.92 Å². The summed E-state index contributed by atoms with van der Waals surface area (Å²) < 4.78 is 5.39. The number of ketones is 1. The maximum absolute atomic E-state index is 12.6. The first-order valence-electron chi connectivity index (χ1n) is 9.09. The van der Waals surface area contributed by atoms with Gasteiger partial charge in [-0.3, -0.25) is 9.69 Å². The molecule has 3 aromatic rings. The van der Waals surface area contributed by atoms with Crippen LogP contribution in [0.5, 0.6) is 0 Å². The molecule has 1 aliphatic rings. The van der Waals surface area contributed by atoms with Gasteiger partial charge in [-0.25, -0.2) is 0 Å². The molecule has 0 radical (unpaired) electrons. The molecular formula is C21H20ClN3O2. The average Bonchev–Trinajstić information content (AvgIpc) is 3.18. The molecule has 0 unspecified atom stereocenters. The van der Waals surface area contributed by atoms with Crippen LogP contribution in [-0.4, -0.2) is 33.9 Å². The largest absolute Gasteiger partial charge is 0.338 e. The maximum Gasteiger partial charge on any atom is 0.241 e. The second-order valence-electron chi connectivity index (χ2n) is 6.80. The van der Waals surface area contributed by atoms with Crippen LogP contribution in [0.1, 0.15) is 29.1 Å². The first-order chi connectivity index (χ1) is 13.2. The molecule has 4 rings (SSSR count). The van der Waals surface area contributed by atoms with Gasteiger partial charge in [0.2, 0.25) is 11.7 Å². The van der Waals surface area contributed by atoms with Crippen LogP contribution < -0.4 is 0 Å². The van der Waals surface area contributed by atoms with E-state index in [1.165, 1.54) is 0 Å². The Morgan fingerprint density at radius 2 is 1.78 bits per heavy atom. The molecule has 0 atom stereocenters. The summed E-state index contributed by atoms with van der Waals surface area (Å²) in [6.07, 6.45) is 1.71. The molecule has 1 fully saturated rings. The topological polar surface area (TPSA) is 59.2 Å². The summed E-state index contributed by atoms with van der Waals surface area (Å²) in [4.78, 5) is 19.3. The molecule has 0 saturated carbocycles. The van der Waals surface area contributed by atoms with E-state index in [0.29, 0.717) is 23.3 Å². The molecule has 1 aliphatic heterocycles. The van der Waals surface area contributed by atoms with Gasteiger partial charge in [-0.05, 0) is 50.2 Å². The Morgan fingerprint density at radius 3 is 2.48 bits per heavy atom. The third kappa shape index (κ3) is 4.26. The van der Waals surface area contributed by atoms with Crippen molar-refractivity contribution in [2.24, 2.45) is 5.92 Å². The van der Waals surface area contributed by atoms with E-state index in [4.69, 9.17) is 16.1 Å². The van der Waals surface area contributed by atoms with Gasteiger partial charge in [0.1, 0.15) is 0 Å². The average molecular weight is 382 g/mol. The van der Waals surface area contributed by atoms with Crippen molar-refractivity contribution >= 4 is 17.4 Å². The lowest BCUT2D eigenvalue weighted by molar-refractivity contribution is 0.0825. The minimum absolute atomic E-state index is 0.0935. The Hall–Kier alpha value is -2.50. The predicted molar refractivity (Wildman–Crippen MR) is 104 cm³/mol. The molecular weight excluding hydrogens is 362 g/mol. The van der Waals surface area contributed by atoms with Crippen LogP contribution in [0.25, 0.3) is 11.4 Å². The summed E-state index contributed by atoms with van der Waals surface area (Å²) in [6.45, 7) is 2.30. The quantitative estimate of drug-likeness (QED) is 0.609. The van der Waals surface area contributed by atoms with Crippen LogP contribution >= 0.6 is 11.6 Å². The summed E-state index contributed by atoms with van der Waals surface area (Å²) in [5, 5.41) is 4.73. The van der Waals surface area contributed by atoms with Crippen LogP contribution in [0.4, 0.5) is 0 Å². The Morgan fingerprint density at radius 1 is 1.07 bits per heavy atom. The Kier molecular flexibility index (Phi) is 5.32. The van der Waals surface area contributed by atoms with E-state index >= 15 is 0 Å². The number of hydrogen-bond acceptors (Lipinski definition) is 5. The molecule has 27 heavy (non-hydrogen) atoms. The number of Topliss-reactive ketones (excluding diaryl/α,β-unsaturated/α-hetero) is 1. The van der Waals surface area contributed by atoms with Gasteiger partial charge in [-0.1, -0.05) is 47.1 Å². The number of benzene rings is 2. The summed E-state index contributed by atoms with van der Waals surface area (Å²) in [6, 6.07) is 16.9. The fourth-order valence-electron chi connectivity index (χ4n) is 3.42. The van der Waals surface area contributed by atoms with Crippen molar-refractivity contribution in [2.75, 3.05) is 13.1 Å². The highest BCUT2D eigenvalue weighted by Gasteiger charge is 2.26. The molecule has 0 N–H and O–H groups in total. The summed E-state index contributed by atoms with van der Waals surface area (Å²) in [5.41, 5.74) is 1.68. The van der Waals surface area contributed by atoms with Gasteiger partial charge >= 0.3 is 0 Å². The van der Waals surface area contributed by atoms with E-state index in [2.05, 4.69) is 15.0 Å². The number of carbonyl (C=O) groups is 1. The lowest BCUT2D eigenvalue weighted by Crippen LogP contribution is -2.36. The number of halogens is 1. The summed E-state index contributed by atoms with van der Waals surface area (Å²) >= 11 is 5.91. The molecule has 0 aliphatic carbocycles. The van der Waals surface area contributed by atoms with Crippen molar-refractivity contribution < 1.29 is 9.32 Å². The third-order valence-electron chi connectivity index (χ3n) is 4.95. The van der Waals surface area contributed by atoms with Gasteiger partial charge in [0.25, 0.3) is 0 Å². The van der Waals surface area contributed by atoms with Crippen molar-refractivity contribution in [3.8, 4) is 11.4 Å². The van der Waals surface area contributed by atoms with E-state index in [1.54, 1.807) is 12.1 Å². The van der Waals surface area contributed by atoms with Gasteiger partial charge in [0.05, 0.1) is 6.54 Å². The molecule has 2 heterocycles. The van der Waals surface area contributed by atoms with Gasteiger partial charge in [0.15, 0.2) is 5.78 Å². The van der Waals surface area contributed by atoms with Crippen molar-refractivity contribution in [1.82, 2.24) is 15.0 Å². The minimum Gasteiger partial charge on any atom is -0.338 e. The van der Waals surface area contributed by atoms with Crippen LogP contribution in [0.3, 0.4) is 0 Å². The van der Waals surface area contributed by atoms with Crippen molar-refractivity contribution in [3.63, 3.8) is 0 Å². The first kappa shape index (κ1) is 17.9. The summed E-state index contributed by atoms with van der Waals surface area (Å²) in [7, 11) is 0. The Balaban J connectivity index is 1.33. The minimum atomic E-state index is 0.0935. The Bertz CT molecular complexity index is 901. The van der Waals surface area contributed by atoms with Crippen molar-refractivity contribution in [3.05, 3.63) is 71.1 Å². The maximum atomic E-state index is 12.6. The highest BCUT2D eigenvalue weighted by Crippen LogP contribution is 2.24. The number of piperidine rings is 1. The highest BCUT2D eigenvalue weighted by atomic mass is 35.5. The number of hydrogen-bond donors (Lipinski definition) is 0. The number of aromatic nitrogens is 2. The molecule has 2 aromatic carbocycles. The molecule has 138 valence electrons. The first-order valence-corrected chi connectivity index (χ1v) is 9.47. The van der Waals surface area contributed by atoms with E-state index in [1.807, 2.05) is 42.5 Å². The van der Waals surface area contributed by atoms with Crippen LogP contribution in [0.15, 0.2) is 59.1 Å². The highest BCUT2D eigenvalue weighted by molar-refractivity contribution is 6.30. The smallest absolute Gasteiger partial charge is 0.241 e. The zero-order valence-electron chi connectivity index (χ0n) is 14.8. The van der Waals surface area contributed by atoms with Gasteiger partial charge in [0, 0.05) is 22.1 Å². The van der Waals surface area contributed by atoms with E-state index < -0.39 is 0 Å². The number of likely N-dealkylation sites (tertiary alicyclic amines) is 1. The van der Waals surface area contributed by atoms with E-state index in [0.717, 1.165) is 37.1 Å². The van der Waals surface area contributed by atoms with Crippen molar-refractivity contribution in [1.29, 1.82) is 0 Å². The number of carbonyl (C=O) groups excluding carboxylic acids is 1. The predicted octanol–water partition coefficient (Wildman–Crippen LogP) is 4.48. The lowest BCUT2D eigenvalue weighted by Gasteiger charge is -2.30. The zero-order chi connectivity index (χ0) is 18.6. The third-order valence-corrected chi connectivity index (χ3v) is 5.20. The summed E-state index contributed by atoms with van der Waals surface area (Å²) in [5.74, 6) is 1.50. The molecule has 1 aromatic heterocycles. The molecule has 0 bridgehead atoms. The van der Waals surface area contributed by atoms with Gasteiger partial charge in [-0.2, -0.15) is 4.98 Å². The SMILES string of the molecule is O=C(c1ccccc1)C1CCN(Cc2nc(-c3ccc(Cl)cc3)no2)CC1. The normalized spacial score (nSPS) is 15.7. The van der Waals surface area contributed by atoms with Crippen LogP contribution in [-0.2, 0) is 6.54 Å². The standard InChI is InChI=1S/C21H20ClN3O2/c22-18-8-6-17(7-9-18)21-23-19(27-24-21)14-25-12-10-16(11-13-25)20(26)15-4-2-1-3-5-15/h1-9,16H,10-14H2. The second kappa shape index (κ2) is 8.03. The fourth-order valence-corrected chi connectivity index (χ4v) is 3.54. The van der Waals surface area contributed by atoms with Gasteiger partial charge in [-0.15, -0.1) is 0 Å². The van der Waals surface area contributed by atoms with E-state index in [-0.39, 0.29) is 11.7 Å². The molecule has 5 nitrogen and oxygen atoms in total. The fraction of sp³-hybridized carbons (Fsp3) is 0.286. The zero-order valence-corrected chi connectivity index (χ0v) is 15.6. The molecule has 0 amide bonds. The molecule has 0 spiro atoms. The number of rotatable bonds is 5. The van der Waals surface area contributed by atoms with Crippen LogP contribution in [0.2, 0.25) is 5.02 Å². The molecule has 6 heteroatoms. The monoisotopic (exact) mass is 381 g/mol. The van der Waals surface area contributed by atoms with Gasteiger partial charge < -0.3 is 4.52 Å². The van der Waals surface area contributed by atoms with E-state index in [9.17, 15) is 4.79 Å². The van der Waals surface area contributed by atoms with Crippen molar-refractivity contribution in [2.45, 2.75) is 19.4 Å². The second-order valence-corrected chi connectivity index (χ2v) is 7.24. The lowest BCUT2D eigenvalue weighted by atomic mass is 9.89. The molecule has 1 saturated heterocycles. The Labute approximate surface area is 163 Å².